The smallest absolute Gasteiger partial charge is 0.462 e. The minimum Gasteiger partial charge on any atom is -0.462 e. The van der Waals surface area contributed by atoms with Gasteiger partial charge in [-0.2, -0.15) is 0 Å². The van der Waals surface area contributed by atoms with Crippen molar-refractivity contribution in [3.63, 3.8) is 0 Å². The number of hydrogen-bond donors (Lipinski definition) is 3. The van der Waals surface area contributed by atoms with E-state index in [0.717, 1.165) is 115 Å². The molecule has 0 aliphatic carbocycles. The van der Waals surface area contributed by atoms with Gasteiger partial charge < -0.3 is 33.8 Å². The Balaban J connectivity index is 5.22. The average Bonchev–Trinajstić information content (AvgIpc) is 3.54. The van der Waals surface area contributed by atoms with Crippen LogP contribution in [0.5, 0.6) is 0 Å². The molecule has 84 heavy (non-hydrogen) atoms. The largest absolute Gasteiger partial charge is 0.472 e. The van der Waals surface area contributed by atoms with Gasteiger partial charge in [-0.15, -0.1) is 0 Å². The Bertz CT molecular complexity index is 1650. The van der Waals surface area contributed by atoms with Crippen molar-refractivity contribution in [2.75, 3.05) is 39.6 Å². The van der Waals surface area contributed by atoms with E-state index in [-0.39, 0.29) is 25.7 Å². The molecule has 498 valence electrons. The van der Waals surface area contributed by atoms with Crippen molar-refractivity contribution >= 4 is 39.5 Å². The quantitative estimate of drug-likeness (QED) is 0.0222. The Kier molecular flexibility index (Phi) is 56.2. The van der Waals surface area contributed by atoms with Crippen LogP contribution in [0.25, 0.3) is 0 Å². The van der Waals surface area contributed by atoms with Crippen LogP contribution in [0.4, 0.5) is 0 Å². The zero-order valence-electron chi connectivity index (χ0n) is 54.2. The van der Waals surface area contributed by atoms with Crippen LogP contribution in [0.1, 0.15) is 324 Å². The molecule has 2 unspecified atom stereocenters. The summed E-state index contributed by atoms with van der Waals surface area (Å²) in [6.07, 6.45) is 40.3. The second-order valence-electron chi connectivity index (χ2n) is 24.5. The molecule has 5 atom stereocenters. The normalized spacial score (nSPS) is 14.3. The predicted molar refractivity (Wildman–Crippen MR) is 335 cm³/mol. The Morgan fingerprint density at radius 3 is 0.810 bits per heavy atom. The molecule has 0 aromatic rings. The summed E-state index contributed by atoms with van der Waals surface area (Å²) in [7, 11) is -9.88. The maximum atomic E-state index is 13.0. The molecule has 0 fully saturated rings. The van der Waals surface area contributed by atoms with Crippen LogP contribution in [0.15, 0.2) is 0 Å². The SMILES string of the molecule is CCCCCCCCCCCCC(=O)O[C@H](COC(=O)CCCCCCCCC)COP(=O)(O)OC[C@H](O)COP(=O)(O)OC[C@@H](COC(=O)CCCCCCCCCCCCC(C)C)OC(=O)CCCCCCCCCCCCCC(C)C. The Morgan fingerprint density at radius 1 is 0.321 bits per heavy atom. The highest BCUT2D eigenvalue weighted by Crippen LogP contribution is 2.45. The number of carbonyl (C=O) groups excluding carboxylic acids is 4. The van der Waals surface area contributed by atoms with E-state index >= 15 is 0 Å². The molecule has 0 spiro atoms. The molecule has 3 N–H and O–H groups in total. The summed E-state index contributed by atoms with van der Waals surface area (Å²) >= 11 is 0. The number of phosphoric acid groups is 2. The van der Waals surface area contributed by atoms with Gasteiger partial charge >= 0.3 is 39.5 Å². The molecule has 0 amide bonds. The molecule has 19 heteroatoms. The maximum absolute atomic E-state index is 13.0. The number of unbranched alkanes of at least 4 members (excludes halogenated alkanes) is 34. The molecule has 0 aromatic carbocycles. The zero-order valence-corrected chi connectivity index (χ0v) is 56.0. The number of hydrogen-bond acceptors (Lipinski definition) is 15. The fraction of sp³-hybridized carbons (Fsp3) is 0.938. The number of aliphatic hydroxyl groups excluding tert-OH is 1. The Labute approximate surface area is 511 Å². The van der Waals surface area contributed by atoms with Crippen LogP contribution in [0.3, 0.4) is 0 Å². The van der Waals surface area contributed by atoms with Crippen molar-refractivity contribution in [3.05, 3.63) is 0 Å². The fourth-order valence-corrected chi connectivity index (χ4v) is 11.3. The molecule has 0 heterocycles. The monoisotopic (exact) mass is 1240 g/mol. The van der Waals surface area contributed by atoms with E-state index in [1.807, 2.05) is 0 Å². The maximum Gasteiger partial charge on any atom is 0.472 e. The highest BCUT2D eigenvalue weighted by Gasteiger charge is 2.30. The van der Waals surface area contributed by atoms with Gasteiger partial charge in [-0.3, -0.25) is 37.3 Å². The van der Waals surface area contributed by atoms with Gasteiger partial charge in [0.25, 0.3) is 0 Å². The summed E-state index contributed by atoms with van der Waals surface area (Å²) in [5.41, 5.74) is 0. The summed E-state index contributed by atoms with van der Waals surface area (Å²) < 4.78 is 68.0. The minimum atomic E-state index is -4.95. The number of esters is 4. The van der Waals surface area contributed by atoms with Crippen LogP contribution in [0, 0.1) is 11.8 Å². The van der Waals surface area contributed by atoms with Gasteiger partial charge in [-0.25, -0.2) is 9.13 Å². The van der Waals surface area contributed by atoms with Crippen molar-refractivity contribution in [2.24, 2.45) is 11.8 Å². The van der Waals surface area contributed by atoms with Crippen molar-refractivity contribution in [2.45, 2.75) is 342 Å². The van der Waals surface area contributed by atoms with Gasteiger partial charge in [0.2, 0.25) is 0 Å². The van der Waals surface area contributed by atoms with Gasteiger partial charge in [0.1, 0.15) is 19.3 Å². The van der Waals surface area contributed by atoms with Crippen LogP contribution in [0.2, 0.25) is 0 Å². The van der Waals surface area contributed by atoms with Gasteiger partial charge in [0.15, 0.2) is 12.2 Å². The summed E-state index contributed by atoms with van der Waals surface area (Å²) in [6, 6.07) is 0. The first-order chi connectivity index (χ1) is 40.4. The second-order valence-corrected chi connectivity index (χ2v) is 27.4. The highest BCUT2D eigenvalue weighted by molar-refractivity contribution is 7.47. The third kappa shape index (κ3) is 59.0. The summed E-state index contributed by atoms with van der Waals surface area (Å²) in [5, 5.41) is 10.5. The number of aliphatic hydroxyl groups is 1. The van der Waals surface area contributed by atoms with Crippen molar-refractivity contribution < 1.29 is 80.2 Å². The number of ether oxygens (including phenoxy) is 4. The van der Waals surface area contributed by atoms with E-state index in [4.69, 9.17) is 37.0 Å². The van der Waals surface area contributed by atoms with Crippen LogP contribution < -0.4 is 0 Å². The Morgan fingerprint density at radius 2 is 0.548 bits per heavy atom. The zero-order chi connectivity index (χ0) is 62.2. The first-order valence-corrected chi connectivity index (χ1v) is 37.0. The third-order valence-corrected chi connectivity index (χ3v) is 16.9. The molecular weight excluding hydrogens is 1110 g/mol. The lowest BCUT2D eigenvalue weighted by Crippen LogP contribution is -2.30. The molecule has 17 nitrogen and oxygen atoms in total. The van der Waals surface area contributed by atoms with Crippen LogP contribution in [-0.2, 0) is 65.4 Å². The fourth-order valence-electron chi connectivity index (χ4n) is 9.71. The standard InChI is InChI=1S/C65H126O17P2/c1-7-9-11-13-15-16-24-31-37-43-49-64(69)81-60(53-75-62(67)47-41-35-27-14-12-10-8-2)55-79-83(71,72)77-51-59(66)52-78-84(73,74)80-56-61(54-76-63(68)48-42-36-30-25-21-20-23-29-34-40-46-58(5)6)82-65(70)50-44-38-32-26-19-17-18-22-28-33-39-45-57(3)4/h57-61,66H,7-56H2,1-6H3,(H,71,72)(H,73,74)/t59-,60+,61+/m0/s1. The van der Waals surface area contributed by atoms with Crippen molar-refractivity contribution in [1.82, 2.24) is 0 Å². The summed E-state index contributed by atoms with van der Waals surface area (Å²) in [5.74, 6) is -0.612. The predicted octanol–water partition coefficient (Wildman–Crippen LogP) is 18.0. The number of rotatable bonds is 64. The Hall–Kier alpha value is -1.94. The second kappa shape index (κ2) is 57.5. The van der Waals surface area contributed by atoms with Crippen molar-refractivity contribution in [3.8, 4) is 0 Å². The first kappa shape index (κ1) is 82.1. The molecular formula is C65H126O17P2. The third-order valence-electron chi connectivity index (χ3n) is 15.0. The lowest BCUT2D eigenvalue weighted by atomic mass is 10.0. The van der Waals surface area contributed by atoms with E-state index in [2.05, 4.69) is 41.5 Å². The molecule has 0 rings (SSSR count). The number of phosphoric ester groups is 2. The molecule has 0 aliphatic rings. The molecule has 0 saturated carbocycles. The van der Waals surface area contributed by atoms with Gasteiger partial charge in [-0.05, 0) is 37.5 Å². The molecule has 0 aromatic heterocycles. The highest BCUT2D eigenvalue weighted by atomic mass is 31.2. The molecule has 0 radical (unpaired) electrons. The lowest BCUT2D eigenvalue weighted by molar-refractivity contribution is -0.161. The van der Waals surface area contributed by atoms with E-state index in [1.165, 1.54) is 128 Å². The average molecular weight is 1240 g/mol. The van der Waals surface area contributed by atoms with Gasteiger partial charge in [0, 0.05) is 25.7 Å². The molecule has 0 saturated heterocycles. The molecule has 0 bridgehead atoms. The molecule has 0 aliphatic heterocycles. The summed E-state index contributed by atoms with van der Waals surface area (Å²) in [4.78, 5) is 72.2. The minimum absolute atomic E-state index is 0.106. The van der Waals surface area contributed by atoms with Crippen LogP contribution >= 0.6 is 15.6 Å². The van der Waals surface area contributed by atoms with E-state index in [0.29, 0.717) is 25.7 Å². The van der Waals surface area contributed by atoms with E-state index < -0.39 is 97.5 Å². The number of carbonyl (C=O) groups is 4. The van der Waals surface area contributed by atoms with E-state index in [1.54, 1.807) is 0 Å². The topological polar surface area (TPSA) is 237 Å². The van der Waals surface area contributed by atoms with Gasteiger partial charge in [-0.1, -0.05) is 273 Å². The summed E-state index contributed by atoms with van der Waals surface area (Å²) in [6.45, 7) is 9.45. The van der Waals surface area contributed by atoms with Gasteiger partial charge in [0.05, 0.1) is 26.4 Å². The van der Waals surface area contributed by atoms with E-state index in [9.17, 15) is 43.2 Å². The first-order valence-electron chi connectivity index (χ1n) is 34.0. The lowest BCUT2D eigenvalue weighted by Gasteiger charge is -2.21. The van der Waals surface area contributed by atoms with Crippen molar-refractivity contribution in [1.29, 1.82) is 0 Å². The van der Waals surface area contributed by atoms with Crippen LogP contribution in [-0.4, -0.2) is 96.7 Å².